The van der Waals surface area contributed by atoms with Gasteiger partial charge in [0.1, 0.15) is 11.5 Å². The number of ether oxygens (including phenoxy) is 2. The summed E-state index contributed by atoms with van der Waals surface area (Å²) in [4.78, 5) is 12.3. The van der Waals surface area contributed by atoms with Crippen LogP contribution in [0.3, 0.4) is 0 Å². The van der Waals surface area contributed by atoms with Gasteiger partial charge in [-0.3, -0.25) is 4.79 Å². The Bertz CT molecular complexity index is 634. The molecule has 0 aliphatic heterocycles. The zero-order valence-electron chi connectivity index (χ0n) is 11.1. The molecule has 1 atom stereocenters. The van der Waals surface area contributed by atoms with E-state index in [-0.39, 0.29) is 33.0 Å². The van der Waals surface area contributed by atoms with E-state index in [2.05, 4.69) is 0 Å². The molecule has 0 saturated heterocycles. The first-order valence-electron chi connectivity index (χ1n) is 5.93. The van der Waals surface area contributed by atoms with Gasteiger partial charge in [-0.2, -0.15) is 0 Å². The van der Waals surface area contributed by atoms with Gasteiger partial charge in [-0.25, -0.2) is 0 Å². The summed E-state index contributed by atoms with van der Waals surface area (Å²) in [6, 6.07) is 12.5. The van der Waals surface area contributed by atoms with E-state index >= 15 is 0 Å². The van der Waals surface area contributed by atoms with Crippen molar-refractivity contribution in [1.82, 2.24) is 0 Å². The second-order valence-corrected chi connectivity index (χ2v) is 5.65. The molecule has 0 aromatic heterocycles. The Morgan fingerprint density at radius 3 is 2.43 bits per heavy atom. The molecule has 0 heterocycles. The van der Waals surface area contributed by atoms with Gasteiger partial charge in [-0.15, -0.1) is 0 Å². The fourth-order valence-corrected chi connectivity index (χ4v) is 3.00. The molecular formula is C15H15ClLiO3P. The van der Waals surface area contributed by atoms with E-state index in [1.165, 1.54) is 0 Å². The molecule has 0 bridgehead atoms. The predicted molar refractivity (Wildman–Crippen MR) is 90.4 cm³/mol. The van der Waals surface area contributed by atoms with Gasteiger partial charge in [0.15, 0.2) is 5.52 Å². The van der Waals surface area contributed by atoms with Crippen LogP contribution in [0.4, 0.5) is 0 Å². The van der Waals surface area contributed by atoms with Crippen LogP contribution in [0.15, 0.2) is 42.5 Å². The molecule has 2 rings (SSSR count). The maximum absolute atomic E-state index is 12.3. The first-order chi connectivity index (χ1) is 9.65. The van der Waals surface area contributed by atoms with Gasteiger partial charge in [-0.1, -0.05) is 23.7 Å². The third kappa shape index (κ3) is 4.50. The topological polar surface area (TPSA) is 35.5 Å². The van der Waals surface area contributed by atoms with Crippen LogP contribution in [0.2, 0.25) is 5.02 Å². The number of benzene rings is 2. The van der Waals surface area contributed by atoms with Gasteiger partial charge in [0.05, 0.1) is 24.8 Å². The zero-order valence-corrected chi connectivity index (χ0v) is 12.9. The van der Waals surface area contributed by atoms with E-state index < -0.39 is 0 Å². The molecular weight excluding hydrogens is 302 g/mol. The van der Waals surface area contributed by atoms with Gasteiger partial charge in [0, 0.05) is 0 Å². The van der Waals surface area contributed by atoms with Crippen molar-refractivity contribution in [2.24, 2.45) is 0 Å². The van der Waals surface area contributed by atoms with E-state index in [0.29, 0.717) is 22.1 Å². The Hall–Kier alpha value is -0.973. The van der Waals surface area contributed by atoms with Crippen molar-refractivity contribution in [1.29, 1.82) is 0 Å². The summed E-state index contributed by atoms with van der Waals surface area (Å²) in [5.41, 5.74) is 0.565. The molecule has 0 spiro atoms. The van der Waals surface area contributed by atoms with Crippen LogP contribution < -0.4 is 14.8 Å². The van der Waals surface area contributed by atoms with Crippen molar-refractivity contribution in [3.63, 3.8) is 0 Å². The number of carbonyl (C=O) groups excluding carboxylic acids is 1. The standard InChI is InChI=1S/C15H14ClO3P.Li.H/c1-18-10-7-8-14(12(16)9-10)20-15(17)11-5-3-4-6-13(11)19-2;;/h3-9,20H,1-2H3;;. The molecule has 0 aliphatic rings. The Balaban J connectivity index is 0.00000220. The summed E-state index contributed by atoms with van der Waals surface area (Å²) in [7, 11) is 3.07. The zero-order chi connectivity index (χ0) is 14.5. The SMILES string of the molecule is COc1ccc(PC(=O)c2ccccc2OC)c(Cl)c1.[LiH]. The normalized spacial score (nSPS) is 10.2. The van der Waals surface area contributed by atoms with Crippen LogP contribution in [-0.4, -0.2) is 38.6 Å². The monoisotopic (exact) mass is 316 g/mol. The van der Waals surface area contributed by atoms with Gasteiger partial charge in [0.2, 0.25) is 0 Å². The van der Waals surface area contributed by atoms with Gasteiger partial charge >= 0.3 is 18.9 Å². The van der Waals surface area contributed by atoms with Crippen LogP contribution in [0.5, 0.6) is 11.5 Å². The third-order valence-electron chi connectivity index (χ3n) is 2.78. The van der Waals surface area contributed by atoms with Crippen LogP contribution in [0.25, 0.3) is 0 Å². The van der Waals surface area contributed by atoms with Gasteiger partial charge in [-0.05, 0) is 44.2 Å². The van der Waals surface area contributed by atoms with E-state index in [1.54, 1.807) is 38.5 Å². The Morgan fingerprint density at radius 1 is 1.10 bits per heavy atom. The number of hydrogen-bond donors (Lipinski definition) is 0. The predicted octanol–water partition coefficient (Wildman–Crippen LogP) is 2.85. The molecule has 106 valence electrons. The van der Waals surface area contributed by atoms with Crippen molar-refractivity contribution < 1.29 is 14.3 Å². The Morgan fingerprint density at radius 2 is 1.81 bits per heavy atom. The van der Waals surface area contributed by atoms with Gasteiger partial charge < -0.3 is 9.47 Å². The molecule has 0 N–H and O–H groups in total. The quantitative estimate of drug-likeness (QED) is 0.628. The van der Waals surface area contributed by atoms with Crippen molar-refractivity contribution in [2.45, 2.75) is 0 Å². The number of hydrogen-bond acceptors (Lipinski definition) is 3. The van der Waals surface area contributed by atoms with Crippen molar-refractivity contribution >= 4 is 49.9 Å². The van der Waals surface area contributed by atoms with E-state index in [0.717, 1.165) is 5.30 Å². The maximum atomic E-state index is 12.3. The summed E-state index contributed by atoms with van der Waals surface area (Å²) in [5.74, 6) is 1.25. The number of carbonyl (C=O) groups is 1. The van der Waals surface area contributed by atoms with Gasteiger partial charge in [0.25, 0.3) is 0 Å². The molecule has 21 heavy (non-hydrogen) atoms. The first-order valence-corrected chi connectivity index (χ1v) is 7.31. The molecule has 6 heteroatoms. The second kappa shape index (κ2) is 8.47. The molecule has 2 aromatic rings. The van der Waals surface area contributed by atoms with Crippen molar-refractivity contribution in [3.05, 3.63) is 53.1 Å². The van der Waals surface area contributed by atoms with Crippen molar-refractivity contribution in [3.8, 4) is 11.5 Å². The fourth-order valence-electron chi connectivity index (χ4n) is 1.75. The summed E-state index contributed by atoms with van der Waals surface area (Å²) in [6.07, 6.45) is 0. The molecule has 1 unspecified atom stereocenters. The van der Waals surface area contributed by atoms with Crippen LogP contribution in [0.1, 0.15) is 10.4 Å². The number of methoxy groups -OCH3 is 2. The van der Waals surface area contributed by atoms with Crippen LogP contribution in [-0.2, 0) is 0 Å². The fraction of sp³-hybridized carbons (Fsp3) is 0.133. The number of rotatable bonds is 5. The summed E-state index contributed by atoms with van der Waals surface area (Å²) < 4.78 is 10.3. The number of para-hydroxylation sites is 1. The molecule has 3 nitrogen and oxygen atoms in total. The average Bonchev–Trinajstić information content (AvgIpc) is 2.49. The van der Waals surface area contributed by atoms with E-state index in [9.17, 15) is 4.79 Å². The third-order valence-corrected chi connectivity index (χ3v) is 4.45. The molecule has 0 fully saturated rings. The van der Waals surface area contributed by atoms with E-state index in [1.807, 2.05) is 18.2 Å². The van der Waals surface area contributed by atoms with Crippen LogP contribution in [0, 0.1) is 0 Å². The molecule has 0 amide bonds. The first kappa shape index (κ1) is 18.1. The van der Waals surface area contributed by atoms with E-state index in [4.69, 9.17) is 21.1 Å². The molecule has 0 saturated carbocycles. The molecule has 0 aliphatic carbocycles. The molecule has 2 aromatic carbocycles. The summed E-state index contributed by atoms with van der Waals surface area (Å²) >= 11 is 6.16. The Labute approximate surface area is 142 Å². The minimum atomic E-state index is -0.0547. The molecule has 0 radical (unpaired) electrons. The summed E-state index contributed by atoms with van der Waals surface area (Å²) in [5, 5.41) is 1.33. The Kier molecular flexibility index (Phi) is 7.29. The summed E-state index contributed by atoms with van der Waals surface area (Å²) in [6.45, 7) is 0. The second-order valence-electron chi connectivity index (χ2n) is 4.00. The minimum absolute atomic E-state index is 0. The van der Waals surface area contributed by atoms with Crippen molar-refractivity contribution in [2.75, 3.05) is 14.2 Å². The van der Waals surface area contributed by atoms with Crippen LogP contribution >= 0.6 is 20.2 Å². The number of halogens is 1. The average molecular weight is 317 g/mol.